The minimum absolute atomic E-state index is 0.443. The predicted molar refractivity (Wildman–Crippen MR) is 90.4 cm³/mol. The summed E-state index contributed by atoms with van der Waals surface area (Å²) in [6.07, 6.45) is 2.28. The summed E-state index contributed by atoms with van der Waals surface area (Å²) in [5.41, 5.74) is 13.7. The molecule has 106 valence electrons. The lowest BCUT2D eigenvalue weighted by Gasteiger charge is -2.37. The van der Waals surface area contributed by atoms with Crippen LogP contribution < -0.4 is 10.6 Å². The Hall–Kier alpha value is -2.07. The first-order valence-corrected chi connectivity index (χ1v) is 8.12. The van der Waals surface area contributed by atoms with Crippen molar-refractivity contribution in [2.24, 2.45) is 0 Å². The first kappa shape index (κ1) is 12.7. The van der Waals surface area contributed by atoms with Gasteiger partial charge in [0.15, 0.2) is 0 Å². The van der Waals surface area contributed by atoms with Crippen LogP contribution in [0.1, 0.15) is 18.9 Å². The van der Waals surface area contributed by atoms with Crippen molar-refractivity contribution in [3.63, 3.8) is 0 Å². The zero-order valence-corrected chi connectivity index (χ0v) is 12.7. The monoisotopic (exact) mass is 295 g/mol. The molecule has 1 aliphatic heterocycles. The molecule has 0 saturated carbocycles. The van der Waals surface area contributed by atoms with Crippen LogP contribution >= 0.6 is 11.3 Å². The van der Waals surface area contributed by atoms with Crippen molar-refractivity contribution in [2.75, 3.05) is 10.6 Å². The molecule has 2 heterocycles. The minimum atomic E-state index is 0.443. The van der Waals surface area contributed by atoms with Crippen LogP contribution in [-0.4, -0.2) is 11.0 Å². The number of fused-ring (bicyclic) bond motifs is 2. The number of para-hydroxylation sites is 1. The van der Waals surface area contributed by atoms with E-state index in [4.69, 9.17) is 5.73 Å². The van der Waals surface area contributed by atoms with Crippen LogP contribution in [0.5, 0.6) is 0 Å². The average molecular weight is 295 g/mol. The molecule has 0 bridgehead atoms. The van der Waals surface area contributed by atoms with Crippen LogP contribution in [0, 0.1) is 0 Å². The van der Waals surface area contributed by atoms with Crippen molar-refractivity contribution in [3.05, 3.63) is 47.5 Å². The molecule has 2 aromatic carbocycles. The highest BCUT2D eigenvalue weighted by molar-refractivity contribution is 7.16. The maximum Gasteiger partial charge on any atom is 0.106 e. The van der Waals surface area contributed by atoms with Crippen molar-refractivity contribution in [2.45, 2.75) is 25.8 Å². The molecule has 1 aromatic heterocycles. The summed E-state index contributed by atoms with van der Waals surface area (Å²) in [7, 11) is 0. The van der Waals surface area contributed by atoms with Gasteiger partial charge in [-0.2, -0.15) is 0 Å². The fourth-order valence-corrected chi connectivity index (χ4v) is 3.90. The number of nitrogens with zero attached hydrogens (tertiary/aromatic N) is 2. The Kier molecular flexibility index (Phi) is 2.86. The molecule has 4 rings (SSSR count). The zero-order valence-electron chi connectivity index (χ0n) is 11.9. The van der Waals surface area contributed by atoms with Crippen molar-refractivity contribution in [1.29, 1.82) is 0 Å². The standard InChI is InChI=1S/C17H17N3S/c1-11-6-7-12-4-2-3-5-13(12)20(11)14-8-9-15-17(16(14)18)19-10-21-15/h2-5,8-11H,6-7,18H2,1H3. The molecule has 0 amide bonds. The van der Waals surface area contributed by atoms with Crippen molar-refractivity contribution in [1.82, 2.24) is 4.98 Å². The molecule has 2 N–H and O–H groups in total. The van der Waals surface area contributed by atoms with E-state index in [0.29, 0.717) is 6.04 Å². The Bertz CT molecular complexity index is 809. The van der Waals surface area contributed by atoms with E-state index in [1.165, 1.54) is 11.3 Å². The molecule has 1 unspecified atom stereocenters. The van der Waals surface area contributed by atoms with Crippen molar-refractivity contribution >= 4 is 38.6 Å². The molecule has 0 radical (unpaired) electrons. The molecule has 0 fully saturated rings. The summed E-state index contributed by atoms with van der Waals surface area (Å²) in [4.78, 5) is 6.79. The topological polar surface area (TPSA) is 42.2 Å². The molecule has 1 aliphatic rings. The van der Waals surface area contributed by atoms with Crippen LogP contribution in [0.15, 0.2) is 41.9 Å². The molecule has 4 heteroatoms. The Morgan fingerprint density at radius 3 is 2.95 bits per heavy atom. The Morgan fingerprint density at radius 1 is 1.19 bits per heavy atom. The number of thiazole rings is 1. The first-order valence-electron chi connectivity index (χ1n) is 7.24. The lowest BCUT2D eigenvalue weighted by atomic mass is 9.95. The molecular formula is C17H17N3S. The van der Waals surface area contributed by atoms with Gasteiger partial charge in [-0.25, -0.2) is 4.98 Å². The number of anilines is 3. The van der Waals surface area contributed by atoms with Gasteiger partial charge in [-0.1, -0.05) is 18.2 Å². The SMILES string of the molecule is CC1CCc2ccccc2N1c1ccc2scnc2c1N. The second-order valence-corrected chi connectivity index (χ2v) is 6.47. The highest BCUT2D eigenvalue weighted by atomic mass is 32.1. The second kappa shape index (κ2) is 4.74. The van der Waals surface area contributed by atoms with Crippen LogP contribution in [0.4, 0.5) is 17.1 Å². The van der Waals surface area contributed by atoms with E-state index in [1.807, 2.05) is 5.51 Å². The first-order chi connectivity index (χ1) is 10.3. The predicted octanol–water partition coefficient (Wildman–Crippen LogP) is 4.35. The van der Waals surface area contributed by atoms with Gasteiger partial charge in [0.25, 0.3) is 0 Å². The molecule has 3 aromatic rings. The molecule has 3 nitrogen and oxygen atoms in total. The zero-order chi connectivity index (χ0) is 14.4. The summed E-state index contributed by atoms with van der Waals surface area (Å²) in [6, 6.07) is 13.3. The molecule has 0 aliphatic carbocycles. The lowest BCUT2D eigenvalue weighted by molar-refractivity contribution is 0.619. The van der Waals surface area contributed by atoms with Crippen molar-refractivity contribution in [3.8, 4) is 0 Å². The van der Waals surface area contributed by atoms with Gasteiger partial charge in [0.05, 0.1) is 21.6 Å². The summed E-state index contributed by atoms with van der Waals surface area (Å²) < 4.78 is 1.15. The van der Waals surface area contributed by atoms with Crippen LogP contribution in [0.3, 0.4) is 0 Å². The number of aromatic nitrogens is 1. The molecule has 0 saturated heterocycles. The van der Waals surface area contributed by atoms with E-state index in [0.717, 1.165) is 34.4 Å². The smallest absolute Gasteiger partial charge is 0.106 e. The number of aryl methyl sites for hydroxylation is 1. The third-order valence-electron chi connectivity index (χ3n) is 4.30. The minimum Gasteiger partial charge on any atom is -0.395 e. The van der Waals surface area contributed by atoms with Gasteiger partial charge < -0.3 is 10.6 Å². The summed E-state index contributed by atoms with van der Waals surface area (Å²) in [5, 5.41) is 0. The Labute approximate surface area is 128 Å². The van der Waals surface area contributed by atoms with E-state index >= 15 is 0 Å². The van der Waals surface area contributed by atoms with Gasteiger partial charge in [0, 0.05) is 11.7 Å². The number of hydrogen-bond donors (Lipinski definition) is 1. The molecule has 0 spiro atoms. The maximum absolute atomic E-state index is 6.42. The van der Waals surface area contributed by atoms with Gasteiger partial charge >= 0.3 is 0 Å². The highest BCUT2D eigenvalue weighted by Crippen LogP contribution is 2.41. The van der Waals surface area contributed by atoms with E-state index in [-0.39, 0.29) is 0 Å². The van der Waals surface area contributed by atoms with E-state index in [2.05, 4.69) is 53.2 Å². The fraction of sp³-hybridized carbons (Fsp3) is 0.235. The third-order valence-corrected chi connectivity index (χ3v) is 5.10. The molecule has 1 atom stereocenters. The summed E-state index contributed by atoms with van der Waals surface area (Å²) >= 11 is 1.63. The second-order valence-electron chi connectivity index (χ2n) is 5.58. The fourth-order valence-electron chi connectivity index (χ4n) is 3.21. The number of nitrogens with two attached hydrogens (primary N) is 1. The third kappa shape index (κ3) is 1.90. The number of benzene rings is 2. The summed E-state index contributed by atoms with van der Waals surface area (Å²) in [5.74, 6) is 0. The van der Waals surface area contributed by atoms with E-state index in [1.54, 1.807) is 11.3 Å². The number of hydrogen-bond acceptors (Lipinski definition) is 4. The average Bonchev–Trinajstić information content (AvgIpc) is 2.98. The van der Waals surface area contributed by atoms with Crippen LogP contribution in [0.2, 0.25) is 0 Å². The number of rotatable bonds is 1. The van der Waals surface area contributed by atoms with Gasteiger partial charge in [-0.15, -0.1) is 11.3 Å². The van der Waals surface area contributed by atoms with E-state index < -0.39 is 0 Å². The van der Waals surface area contributed by atoms with Gasteiger partial charge in [-0.05, 0) is 43.5 Å². The largest absolute Gasteiger partial charge is 0.395 e. The normalized spacial score (nSPS) is 18.0. The summed E-state index contributed by atoms with van der Waals surface area (Å²) in [6.45, 7) is 2.26. The van der Waals surface area contributed by atoms with Gasteiger partial charge in [0.1, 0.15) is 5.52 Å². The van der Waals surface area contributed by atoms with Crippen LogP contribution in [0.25, 0.3) is 10.2 Å². The van der Waals surface area contributed by atoms with Gasteiger partial charge in [-0.3, -0.25) is 0 Å². The maximum atomic E-state index is 6.42. The number of nitrogen functional groups attached to an aromatic ring is 1. The Balaban J connectivity index is 1.93. The van der Waals surface area contributed by atoms with Crippen molar-refractivity contribution < 1.29 is 0 Å². The Morgan fingerprint density at radius 2 is 2.05 bits per heavy atom. The lowest BCUT2D eigenvalue weighted by Crippen LogP contribution is -2.33. The highest BCUT2D eigenvalue weighted by Gasteiger charge is 2.26. The van der Waals surface area contributed by atoms with Gasteiger partial charge in [0.2, 0.25) is 0 Å². The molecular weight excluding hydrogens is 278 g/mol. The quantitative estimate of drug-likeness (QED) is 0.679. The van der Waals surface area contributed by atoms with E-state index in [9.17, 15) is 0 Å². The van der Waals surface area contributed by atoms with Crippen LogP contribution in [-0.2, 0) is 6.42 Å². The molecule has 21 heavy (non-hydrogen) atoms.